The van der Waals surface area contributed by atoms with Crippen LogP contribution in [0.25, 0.3) is 0 Å². The number of hydrogen-bond acceptors (Lipinski definition) is 8. The van der Waals surface area contributed by atoms with E-state index in [-0.39, 0.29) is 33.3 Å². The van der Waals surface area contributed by atoms with Crippen LogP contribution in [-0.4, -0.2) is 26.2 Å². The first-order chi connectivity index (χ1) is 17.4. The molecule has 37 heavy (non-hydrogen) atoms. The molecule has 10 nitrogen and oxygen atoms in total. The van der Waals surface area contributed by atoms with Gasteiger partial charge in [0.05, 0.1) is 16.3 Å². The molecule has 1 amide bonds. The van der Waals surface area contributed by atoms with E-state index in [1.54, 1.807) is 0 Å². The molecule has 1 heterocycles. The van der Waals surface area contributed by atoms with Crippen LogP contribution in [0.5, 0.6) is 11.5 Å². The first kappa shape index (κ1) is 25.5. The van der Waals surface area contributed by atoms with Crippen molar-refractivity contribution < 1.29 is 49.4 Å². The van der Waals surface area contributed by atoms with Crippen molar-refractivity contribution in [2.75, 3.05) is 10.7 Å². The molecule has 0 radical (unpaired) electrons. The Bertz CT molecular complexity index is 1570. The fourth-order valence-corrected chi connectivity index (χ4v) is 3.54. The van der Waals surface area contributed by atoms with Crippen LogP contribution in [0.1, 0.15) is 5.56 Å². The summed E-state index contributed by atoms with van der Waals surface area (Å²) in [5.74, 6) is -14.7. The van der Waals surface area contributed by atoms with Gasteiger partial charge in [0.15, 0.2) is 5.71 Å². The van der Waals surface area contributed by atoms with Crippen LogP contribution in [0.4, 0.5) is 38.1 Å². The number of primary sulfonamides is 1. The number of nitrogens with zero attached hydrogens (tertiary/aromatic N) is 1. The highest BCUT2D eigenvalue weighted by Crippen LogP contribution is 2.31. The van der Waals surface area contributed by atoms with Crippen molar-refractivity contribution >= 4 is 39.2 Å². The number of ether oxygens (including phenoxy) is 2. The van der Waals surface area contributed by atoms with Crippen LogP contribution in [0.2, 0.25) is 0 Å². The predicted molar refractivity (Wildman–Crippen MR) is 116 cm³/mol. The number of hydrogen-bond donors (Lipinski definition) is 3. The Morgan fingerprint density at radius 1 is 0.892 bits per heavy atom. The SMILES string of the molecule is NS(=O)(=O)c1ccc(NN=C2C(=O)Nc3ccc(OC(=O)Oc4c(F)c(F)c(F)c(F)c4F)cc32)cc1. The molecule has 0 saturated heterocycles. The molecule has 16 heteroatoms. The third-order valence-electron chi connectivity index (χ3n) is 4.75. The average Bonchev–Trinajstić information content (AvgIpc) is 3.16. The Labute approximate surface area is 203 Å². The second kappa shape index (κ2) is 9.47. The standard InChI is InChI=1S/C21H11F5N4O6S/c22-13-14(23)16(25)19(17(26)15(13)24)36-21(32)35-9-3-6-12-11(7-9)18(20(31)28-12)30-29-8-1-4-10(5-2-8)37(27,33)34/h1-7,29H,(H2,27,33,34)(H,28,30,31). The number of carbonyl (C=O) groups is 2. The van der Waals surface area contributed by atoms with Gasteiger partial charge in [-0.25, -0.2) is 31.5 Å². The molecule has 0 bridgehead atoms. The molecule has 0 atom stereocenters. The van der Waals surface area contributed by atoms with Crippen LogP contribution in [-0.2, 0) is 14.8 Å². The maximum absolute atomic E-state index is 13.7. The zero-order valence-electron chi connectivity index (χ0n) is 17.8. The van der Waals surface area contributed by atoms with Gasteiger partial charge in [-0.3, -0.25) is 10.2 Å². The molecule has 3 aromatic carbocycles. The molecule has 192 valence electrons. The monoisotopic (exact) mass is 542 g/mol. The quantitative estimate of drug-likeness (QED) is 0.112. The lowest BCUT2D eigenvalue weighted by Crippen LogP contribution is -2.17. The summed E-state index contributed by atoms with van der Waals surface area (Å²) in [5, 5.41) is 11.4. The molecule has 1 aliphatic heterocycles. The maximum atomic E-state index is 13.7. The Kier molecular flexibility index (Phi) is 6.53. The Balaban J connectivity index is 1.53. The molecule has 3 aromatic rings. The van der Waals surface area contributed by atoms with E-state index >= 15 is 0 Å². The zero-order valence-corrected chi connectivity index (χ0v) is 18.6. The van der Waals surface area contributed by atoms with E-state index in [1.807, 2.05) is 0 Å². The van der Waals surface area contributed by atoms with Crippen molar-refractivity contribution in [3.05, 3.63) is 77.1 Å². The van der Waals surface area contributed by atoms with Gasteiger partial charge in [0.2, 0.25) is 44.9 Å². The van der Waals surface area contributed by atoms with Crippen LogP contribution in [0.3, 0.4) is 0 Å². The van der Waals surface area contributed by atoms with Crippen LogP contribution < -0.4 is 25.4 Å². The van der Waals surface area contributed by atoms with Gasteiger partial charge in [0.1, 0.15) is 5.75 Å². The lowest BCUT2D eigenvalue weighted by atomic mass is 10.1. The number of nitrogens with two attached hydrogens (primary N) is 1. The summed E-state index contributed by atoms with van der Waals surface area (Å²) in [6.07, 6.45) is -1.84. The van der Waals surface area contributed by atoms with Crippen LogP contribution in [0.15, 0.2) is 52.5 Å². The van der Waals surface area contributed by atoms with Gasteiger partial charge >= 0.3 is 6.16 Å². The van der Waals surface area contributed by atoms with Crippen LogP contribution in [0, 0.1) is 29.1 Å². The summed E-state index contributed by atoms with van der Waals surface area (Å²) in [6, 6.07) is 8.57. The number of benzene rings is 3. The summed E-state index contributed by atoms with van der Waals surface area (Å²) in [4.78, 5) is 24.1. The molecule has 4 N–H and O–H groups in total. The van der Waals surface area contributed by atoms with E-state index < -0.39 is 56.9 Å². The molecular weight excluding hydrogens is 531 g/mol. The number of amides is 1. The third kappa shape index (κ3) is 5.05. The van der Waals surface area contributed by atoms with E-state index in [1.165, 1.54) is 30.3 Å². The number of rotatable bonds is 5. The lowest BCUT2D eigenvalue weighted by molar-refractivity contribution is -0.110. The molecule has 1 aliphatic rings. The summed E-state index contributed by atoms with van der Waals surface area (Å²) in [7, 11) is -3.92. The van der Waals surface area contributed by atoms with E-state index in [0.717, 1.165) is 12.1 Å². The number of carbonyl (C=O) groups excluding carboxylic acids is 2. The third-order valence-corrected chi connectivity index (χ3v) is 5.67. The summed E-state index contributed by atoms with van der Waals surface area (Å²) >= 11 is 0. The van der Waals surface area contributed by atoms with E-state index in [9.17, 15) is 40.0 Å². The van der Waals surface area contributed by atoms with Gasteiger partial charge < -0.3 is 14.8 Å². The molecule has 0 aliphatic carbocycles. The number of fused-ring (bicyclic) bond motifs is 1. The second-order valence-corrected chi connectivity index (χ2v) is 8.72. The minimum atomic E-state index is -3.92. The number of anilines is 2. The lowest BCUT2D eigenvalue weighted by Gasteiger charge is -2.09. The molecule has 0 saturated carbocycles. The van der Waals surface area contributed by atoms with Crippen molar-refractivity contribution in [3.8, 4) is 11.5 Å². The van der Waals surface area contributed by atoms with E-state index in [2.05, 4.69) is 20.6 Å². The number of hydrazone groups is 1. The fourth-order valence-electron chi connectivity index (χ4n) is 3.02. The molecule has 0 spiro atoms. The van der Waals surface area contributed by atoms with Crippen molar-refractivity contribution in [2.45, 2.75) is 4.90 Å². The van der Waals surface area contributed by atoms with E-state index in [4.69, 9.17) is 9.88 Å². The Morgan fingerprint density at radius 2 is 1.49 bits per heavy atom. The molecule has 0 fully saturated rings. The zero-order chi connectivity index (χ0) is 27.1. The Morgan fingerprint density at radius 3 is 2.08 bits per heavy atom. The van der Waals surface area contributed by atoms with Crippen molar-refractivity contribution in [1.82, 2.24) is 0 Å². The van der Waals surface area contributed by atoms with Gasteiger partial charge in [-0.15, -0.1) is 0 Å². The van der Waals surface area contributed by atoms with Crippen LogP contribution >= 0.6 is 0 Å². The number of halogens is 5. The van der Waals surface area contributed by atoms with Crippen molar-refractivity contribution in [3.63, 3.8) is 0 Å². The second-order valence-electron chi connectivity index (χ2n) is 7.16. The number of nitrogens with one attached hydrogen (secondary N) is 2. The predicted octanol–water partition coefficient (Wildman–Crippen LogP) is 3.38. The van der Waals surface area contributed by atoms with E-state index in [0.29, 0.717) is 0 Å². The fraction of sp³-hybridized carbons (Fsp3) is 0. The first-order valence-corrected chi connectivity index (χ1v) is 11.2. The summed E-state index contributed by atoms with van der Waals surface area (Å²) < 4.78 is 98.7. The molecule has 4 rings (SSSR count). The normalized spacial score (nSPS) is 13.8. The highest BCUT2D eigenvalue weighted by atomic mass is 32.2. The molecule has 0 aromatic heterocycles. The smallest absolute Gasteiger partial charge is 0.395 e. The Hall–Kier alpha value is -4.57. The van der Waals surface area contributed by atoms with Gasteiger partial charge in [-0.2, -0.15) is 13.9 Å². The minimum Gasteiger partial charge on any atom is -0.395 e. The average molecular weight is 542 g/mol. The van der Waals surface area contributed by atoms with Gasteiger partial charge in [0, 0.05) is 5.56 Å². The topological polar surface area (TPSA) is 149 Å². The maximum Gasteiger partial charge on any atom is 0.519 e. The highest BCUT2D eigenvalue weighted by Gasteiger charge is 2.30. The van der Waals surface area contributed by atoms with Crippen molar-refractivity contribution in [1.29, 1.82) is 0 Å². The first-order valence-electron chi connectivity index (χ1n) is 9.70. The molecule has 0 unspecified atom stereocenters. The van der Waals surface area contributed by atoms with Gasteiger partial charge in [-0.1, -0.05) is 0 Å². The van der Waals surface area contributed by atoms with Crippen molar-refractivity contribution in [2.24, 2.45) is 10.2 Å². The van der Waals surface area contributed by atoms with Gasteiger partial charge in [0.25, 0.3) is 5.91 Å². The summed E-state index contributed by atoms with van der Waals surface area (Å²) in [6.45, 7) is 0. The highest BCUT2D eigenvalue weighted by molar-refractivity contribution is 7.89. The number of sulfonamides is 1. The molecular formula is C21H11F5N4O6S. The largest absolute Gasteiger partial charge is 0.519 e. The van der Waals surface area contributed by atoms with Gasteiger partial charge in [-0.05, 0) is 42.5 Å². The summed E-state index contributed by atoms with van der Waals surface area (Å²) in [5.41, 5.74) is 2.93. The minimum absolute atomic E-state index is 0.0974.